The molecule has 1 aromatic heterocycles. The van der Waals surface area contributed by atoms with Gasteiger partial charge in [0, 0.05) is 0 Å². The fraction of sp³-hybridized carbons (Fsp3) is 0.154. The lowest BCUT2D eigenvalue weighted by molar-refractivity contribution is 0.0658. The van der Waals surface area contributed by atoms with Gasteiger partial charge in [-0.3, -0.25) is 0 Å². The van der Waals surface area contributed by atoms with Crippen molar-refractivity contribution in [2.24, 2.45) is 0 Å². The standard InChI is InChI=1S/C13H11FO4/c1-8-6-9(14)2-4-11(8)17-7-10-3-5-12(18-10)13(15)16/h2-6H,7H2,1H3,(H,15,16). The maximum Gasteiger partial charge on any atom is 0.371 e. The van der Waals surface area contributed by atoms with Crippen molar-refractivity contribution in [2.75, 3.05) is 0 Å². The largest absolute Gasteiger partial charge is 0.485 e. The highest BCUT2D eigenvalue weighted by atomic mass is 19.1. The lowest BCUT2D eigenvalue weighted by atomic mass is 10.2. The van der Waals surface area contributed by atoms with E-state index in [9.17, 15) is 9.18 Å². The molecule has 5 heteroatoms. The van der Waals surface area contributed by atoms with E-state index in [1.165, 1.54) is 30.3 Å². The molecular weight excluding hydrogens is 239 g/mol. The van der Waals surface area contributed by atoms with Gasteiger partial charge in [0.05, 0.1) is 0 Å². The molecule has 4 nitrogen and oxygen atoms in total. The summed E-state index contributed by atoms with van der Waals surface area (Å²) in [6.07, 6.45) is 0. The van der Waals surface area contributed by atoms with Crippen molar-refractivity contribution in [2.45, 2.75) is 13.5 Å². The zero-order chi connectivity index (χ0) is 13.1. The molecule has 1 aromatic carbocycles. The molecular formula is C13H11FO4. The van der Waals surface area contributed by atoms with E-state index in [1.807, 2.05) is 0 Å². The summed E-state index contributed by atoms with van der Waals surface area (Å²) in [6.45, 7) is 1.82. The van der Waals surface area contributed by atoms with Crippen molar-refractivity contribution in [3.8, 4) is 5.75 Å². The van der Waals surface area contributed by atoms with E-state index in [4.69, 9.17) is 14.3 Å². The minimum Gasteiger partial charge on any atom is -0.485 e. The van der Waals surface area contributed by atoms with Crippen LogP contribution < -0.4 is 4.74 Å². The van der Waals surface area contributed by atoms with Gasteiger partial charge >= 0.3 is 5.97 Å². The lowest BCUT2D eigenvalue weighted by Gasteiger charge is -2.07. The van der Waals surface area contributed by atoms with Crippen molar-refractivity contribution in [1.82, 2.24) is 0 Å². The van der Waals surface area contributed by atoms with E-state index in [1.54, 1.807) is 6.92 Å². The van der Waals surface area contributed by atoms with Gasteiger partial charge in [0.1, 0.15) is 23.9 Å². The first-order chi connectivity index (χ1) is 8.56. The van der Waals surface area contributed by atoms with Crippen LogP contribution in [0.15, 0.2) is 34.7 Å². The normalized spacial score (nSPS) is 10.3. The first-order valence-electron chi connectivity index (χ1n) is 5.27. The third kappa shape index (κ3) is 2.68. The van der Waals surface area contributed by atoms with Crippen LogP contribution >= 0.6 is 0 Å². The number of ether oxygens (including phenoxy) is 1. The number of carboxylic acid groups (broad SMARTS) is 1. The van der Waals surface area contributed by atoms with Crippen LogP contribution in [0.3, 0.4) is 0 Å². The number of halogens is 1. The molecule has 0 saturated heterocycles. The Morgan fingerprint density at radius 3 is 2.78 bits per heavy atom. The molecule has 0 fully saturated rings. The highest BCUT2D eigenvalue weighted by molar-refractivity contribution is 5.84. The molecule has 2 aromatic rings. The van der Waals surface area contributed by atoms with E-state index < -0.39 is 5.97 Å². The van der Waals surface area contributed by atoms with Crippen LogP contribution in [0.25, 0.3) is 0 Å². The highest BCUT2D eigenvalue weighted by Crippen LogP contribution is 2.20. The van der Waals surface area contributed by atoms with Gasteiger partial charge in [0.15, 0.2) is 0 Å². The average Bonchev–Trinajstić information content (AvgIpc) is 2.76. The highest BCUT2D eigenvalue weighted by Gasteiger charge is 2.09. The average molecular weight is 250 g/mol. The number of hydrogen-bond acceptors (Lipinski definition) is 3. The molecule has 18 heavy (non-hydrogen) atoms. The second-order valence-corrected chi connectivity index (χ2v) is 3.77. The van der Waals surface area contributed by atoms with Crippen LogP contribution in [0.1, 0.15) is 21.9 Å². The van der Waals surface area contributed by atoms with Crippen molar-refractivity contribution < 1.29 is 23.4 Å². The van der Waals surface area contributed by atoms with E-state index in [-0.39, 0.29) is 18.2 Å². The Morgan fingerprint density at radius 2 is 2.17 bits per heavy atom. The van der Waals surface area contributed by atoms with Gasteiger partial charge in [-0.25, -0.2) is 9.18 Å². The molecule has 0 spiro atoms. The zero-order valence-electron chi connectivity index (χ0n) is 9.64. The molecule has 2 rings (SSSR count). The molecule has 94 valence electrons. The first kappa shape index (κ1) is 12.2. The van der Waals surface area contributed by atoms with Gasteiger partial charge in [-0.05, 0) is 42.8 Å². The molecule has 1 N–H and O–H groups in total. The third-order valence-corrected chi connectivity index (χ3v) is 2.38. The summed E-state index contributed by atoms with van der Waals surface area (Å²) in [5.41, 5.74) is 0.667. The molecule has 1 heterocycles. The Kier molecular flexibility index (Phi) is 3.32. The van der Waals surface area contributed by atoms with E-state index in [0.29, 0.717) is 17.1 Å². The van der Waals surface area contributed by atoms with Gasteiger partial charge in [0.25, 0.3) is 0 Å². The minimum absolute atomic E-state index is 0.0970. The fourth-order valence-corrected chi connectivity index (χ4v) is 1.49. The quantitative estimate of drug-likeness (QED) is 0.906. The number of aryl methyl sites for hydroxylation is 1. The summed E-state index contributed by atoms with van der Waals surface area (Å²) < 4.78 is 23.3. The lowest BCUT2D eigenvalue weighted by Crippen LogP contribution is -1.97. The molecule has 0 saturated carbocycles. The summed E-state index contributed by atoms with van der Waals surface area (Å²) >= 11 is 0. The van der Waals surface area contributed by atoms with E-state index in [0.717, 1.165) is 0 Å². The SMILES string of the molecule is Cc1cc(F)ccc1OCc1ccc(C(=O)O)o1. The molecule has 0 aliphatic rings. The van der Waals surface area contributed by atoms with Gasteiger partial charge in [0.2, 0.25) is 5.76 Å². The summed E-state index contributed by atoms with van der Waals surface area (Å²) in [6, 6.07) is 7.07. The van der Waals surface area contributed by atoms with Crippen LogP contribution in [0.4, 0.5) is 4.39 Å². The van der Waals surface area contributed by atoms with Crippen LogP contribution in [-0.4, -0.2) is 11.1 Å². The zero-order valence-corrected chi connectivity index (χ0v) is 9.64. The Balaban J connectivity index is 2.04. The van der Waals surface area contributed by atoms with E-state index in [2.05, 4.69) is 0 Å². The van der Waals surface area contributed by atoms with Crippen molar-refractivity contribution >= 4 is 5.97 Å². The molecule has 0 unspecified atom stereocenters. The number of carboxylic acids is 1. The number of furan rings is 1. The second kappa shape index (κ2) is 4.91. The Hall–Kier alpha value is -2.30. The van der Waals surface area contributed by atoms with Crippen LogP contribution in [0, 0.1) is 12.7 Å². The first-order valence-corrected chi connectivity index (χ1v) is 5.27. The predicted molar refractivity (Wildman–Crippen MR) is 61.1 cm³/mol. The van der Waals surface area contributed by atoms with Gasteiger partial charge in [-0.2, -0.15) is 0 Å². The van der Waals surface area contributed by atoms with Gasteiger partial charge in [-0.1, -0.05) is 0 Å². The van der Waals surface area contributed by atoms with Crippen molar-refractivity contribution in [1.29, 1.82) is 0 Å². The van der Waals surface area contributed by atoms with E-state index >= 15 is 0 Å². The Labute approximate surface area is 103 Å². The number of benzene rings is 1. The maximum atomic E-state index is 12.9. The second-order valence-electron chi connectivity index (χ2n) is 3.77. The topological polar surface area (TPSA) is 59.7 Å². The summed E-state index contributed by atoms with van der Waals surface area (Å²) in [5, 5.41) is 8.68. The van der Waals surface area contributed by atoms with Gasteiger partial charge in [-0.15, -0.1) is 0 Å². The van der Waals surface area contributed by atoms with Crippen LogP contribution in [0.2, 0.25) is 0 Å². The maximum absolute atomic E-state index is 12.9. The number of rotatable bonds is 4. The fourth-order valence-electron chi connectivity index (χ4n) is 1.49. The molecule has 0 bridgehead atoms. The smallest absolute Gasteiger partial charge is 0.371 e. The van der Waals surface area contributed by atoms with Crippen molar-refractivity contribution in [3.05, 3.63) is 53.2 Å². The van der Waals surface area contributed by atoms with Gasteiger partial charge < -0.3 is 14.3 Å². The molecule has 0 aliphatic carbocycles. The number of aromatic carboxylic acids is 1. The van der Waals surface area contributed by atoms with Crippen LogP contribution in [0.5, 0.6) is 5.75 Å². The molecule has 0 atom stereocenters. The number of carbonyl (C=O) groups is 1. The Morgan fingerprint density at radius 1 is 1.39 bits per heavy atom. The number of hydrogen-bond donors (Lipinski definition) is 1. The van der Waals surface area contributed by atoms with Crippen molar-refractivity contribution in [3.63, 3.8) is 0 Å². The Bertz CT molecular complexity index is 574. The summed E-state index contributed by atoms with van der Waals surface area (Å²) in [7, 11) is 0. The summed E-state index contributed by atoms with van der Waals surface area (Å²) in [5.74, 6) is -0.657. The summed E-state index contributed by atoms with van der Waals surface area (Å²) in [4.78, 5) is 10.6. The minimum atomic E-state index is -1.13. The molecule has 0 radical (unpaired) electrons. The molecule has 0 amide bonds. The third-order valence-electron chi connectivity index (χ3n) is 2.38. The molecule has 0 aliphatic heterocycles. The van der Waals surface area contributed by atoms with Crippen LogP contribution in [-0.2, 0) is 6.61 Å². The predicted octanol–water partition coefficient (Wildman–Crippen LogP) is 3.00. The monoisotopic (exact) mass is 250 g/mol.